The van der Waals surface area contributed by atoms with Crippen molar-refractivity contribution < 1.29 is 14.9 Å². The Labute approximate surface area is 203 Å². The second kappa shape index (κ2) is 9.72. The van der Waals surface area contributed by atoms with Crippen LogP contribution in [-0.2, 0) is 0 Å². The normalized spacial score (nSPS) is 19.2. The third-order valence-electron chi connectivity index (χ3n) is 5.97. The third-order valence-corrected chi connectivity index (χ3v) is 5.97. The van der Waals surface area contributed by atoms with Gasteiger partial charge in [-0.3, -0.25) is 0 Å². The first kappa shape index (κ1) is 22.8. The monoisotopic (exact) mass is 466 g/mol. The summed E-state index contributed by atoms with van der Waals surface area (Å²) in [6.45, 7) is 2.31. The minimum absolute atomic E-state index is 0.0227. The Morgan fingerprint density at radius 2 is 1.97 bits per heavy atom. The molecule has 35 heavy (non-hydrogen) atoms. The van der Waals surface area contributed by atoms with E-state index in [0.717, 1.165) is 39.2 Å². The number of benzene rings is 3. The molecule has 1 aromatic heterocycles. The van der Waals surface area contributed by atoms with Crippen LogP contribution in [0.4, 0.5) is 11.5 Å². The van der Waals surface area contributed by atoms with E-state index < -0.39 is 5.60 Å². The second-order valence-corrected chi connectivity index (χ2v) is 8.72. The Kier molecular flexibility index (Phi) is 6.34. The van der Waals surface area contributed by atoms with Crippen LogP contribution in [0.15, 0.2) is 73.1 Å². The van der Waals surface area contributed by atoms with Crippen molar-refractivity contribution in [3.63, 3.8) is 0 Å². The first-order valence-electron chi connectivity index (χ1n) is 11.5. The van der Waals surface area contributed by atoms with E-state index >= 15 is 0 Å². The van der Waals surface area contributed by atoms with E-state index in [4.69, 9.17) is 4.74 Å². The molecule has 1 aliphatic rings. The van der Waals surface area contributed by atoms with Crippen molar-refractivity contribution in [1.29, 1.82) is 0 Å². The van der Waals surface area contributed by atoms with Crippen molar-refractivity contribution in [2.75, 3.05) is 18.5 Å². The fraction of sp³-hybridized carbons (Fsp3) is 0.214. The fourth-order valence-electron chi connectivity index (χ4n) is 4.11. The third kappa shape index (κ3) is 5.26. The summed E-state index contributed by atoms with van der Waals surface area (Å²) < 4.78 is 5.98. The largest absolute Gasteiger partial charge is 0.457 e. The second-order valence-electron chi connectivity index (χ2n) is 8.72. The number of para-hydroxylation sites is 1. The average Bonchev–Trinajstić information content (AvgIpc) is 3.27. The molecule has 1 saturated heterocycles. The standard InChI is InChI=1S/C28H26N4O3/c1-19-13-21(8-10-26(19)35-23-5-3-2-4-6-23)32-27-24-14-20(7-9-25(24)30-18-31-27)11-12-28(34)15-22(16-33)29-17-28/h2-10,13-14,18,22,29,33-34H,15-17H2,1H3,(H,30,31,32). The molecule has 0 aliphatic carbocycles. The molecule has 1 aliphatic heterocycles. The number of fused-ring (bicyclic) bond motifs is 1. The molecule has 2 unspecified atom stereocenters. The molecular weight excluding hydrogens is 440 g/mol. The Morgan fingerprint density at radius 3 is 2.74 bits per heavy atom. The van der Waals surface area contributed by atoms with E-state index in [1.807, 2.05) is 73.7 Å². The van der Waals surface area contributed by atoms with E-state index in [1.165, 1.54) is 6.33 Å². The summed E-state index contributed by atoms with van der Waals surface area (Å²) in [7, 11) is 0. The Balaban J connectivity index is 1.38. The van der Waals surface area contributed by atoms with Crippen LogP contribution in [0, 0.1) is 18.8 Å². The van der Waals surface area contributed by atoms with Gasteiger partial charge < -0.3 is 25.6 Å². The molecule has 2 atom stereocenters. The molecule has 5 rings (SSSR count). The van der Waals surface area contributed by atoms with Gasteiger partial charge in [-0.25, -0.2) is 9.97 Å². The van der Waals surface area contributed by atoms with Crippen molar-refractivity contribution in [2.24, 2.45) is 0 Å². The van der Waals surface area contributed by atoms with Crippen LogP contribution in [-0.4, -0.2) is 45.0 Å². The van der Waals surface area contributed by atoms with Crippen LogP contribution in [0.5, 0.6) is 11.5 Å². The highest BCUT2D eigenvalue weighted by Gasteiger charge is 2.35. The summed E-state index contributed by atoms with van der Waals surface area (Å²) in [6.07, 6.45) is 1.92. The number of nitrogens with one attached hydrogen (secondary N) is 2. The van der Waals surface area contributed by atoms with Gasteiger partial charge in [0.2, 0.25) is 0 Å². The van der Waals surface area contributed by atoms with Gasteiger partial charge in [0.25, 0.3) is 0 Å². The van der Waals surface area contributed by atoms with Crippen LogP contribution in [0.3, 0.4) is 0 Å². The number of aliphatic hydroxyl groups excluding tert-OH is 1. The van der Waals surface area contributed by atoms with Crippen molar-refractivity contribution in [1.82, 2.24) is 15.3 Å². The predicted molar refractivity (Wildman–Crippen MR) is 136 cm³/mol. The maximum atomic E-state index is 10.7. The SMILES string of the molecule is Cc1cc(Nc2ncnc3ccc(C#CC4(O)CNC(CO)C4)cc23)ccc1Oc1ccccc1. The zero-order valence-corrected chi connectivity index (χ0v) is 19.3. The number of ether oxygens (including phenoxy) is 1. The predicted octanol–water partition coefficient (Wildman–Crippen LogP) is 3.91. The molecule has 4 aromatic rings. The highest BCUT2D eigenvalue weighted by atomic mass is 16.5. The molecule has 2 heterocycles. The van der Waals surface area contributed by atoms with Crippen molar-refractivity contribution in [3.8, 4) is 23.3 Å². The molecule has 0 spiro atoms. The fourth-order valence-corrected chi connectivity index (χ4v) is 4.11. The number of hydrogen-bond donors (Lipinski definition) is 4. The first-order chi connectivity index (χ1) is 17.0. The Hall–Kier alpha value is -3.96. The Morgan fingerprint density at radius 1 is 1.11 bits per heavy atom. The maximum absolute atomic E-state index is 10.7. The van der Waals surface area contributed by atoms with Gasteiger partial charge in [0.15, 0.2) is 0 Å². The molecule has 0 bridgehead atoms. The lowest BCUT2D eigenvalue weighted by Crippen LogP contribution is -2.29. The number of nitrogens with zero attached hydrogens (tertiary/aromatic N) is 2. The van der Waals surface area contributed by atoms with Crippen LogP contribution in [0.2, 0.25) is 0 Å². The van der Waals surface area contributed by atoms with Gasteiger partial charge >= 0.3 is 0 Å². The minimum Gasteiger partial charge on any atom is -0.457 e. The summed E-state index contributed by atoms with van der Waals surface area (Å²) in [5.74, 6) is 8.27. The van der Waals surface area contributed by atoms with Crippen molar-refractivity contribution >= 4 is 22.4 Å². The van der Waals surface area contributed by atoms with Crippen molar-refractivity contribution in [3.05, 3.63) is 84.2 Å². The highest BCUT2D eigenvalue weighted by molar-refractivity contribution is 5.91. The van der Waals surface area contributed by atoms with E-state index in [0.29, 0.717) is 18.8 Å². The molecule has 0 radical (unpaired) electrons. The quantitative estimate of drug-likeness (QED) is 0.331. The van der Waals surface area contributed by atoms with Gasteiger partial charge in [0.1, 0.15) is 29.2 Å². The lowest BCUT2D eigenvalue weighted by molar-refractivity contribution is 0.117. The van der Waals surface area contributed by atoms with Gasteiger partial charge in [-0.15, -0.1) is 0 Å². The number of aryl methyl sites for hydroxylation is 1. The molecule has 0 amide bonds. The number of anilines is 2. The molecule has 0 saturated carbocycles. The van der Waals surface area contributed by atoms with Crippen molar-refractivity contribution in [2.45, 2.75) is 25.0 Å². The molecule has 1 fully saturated rings. The van der Waals surface area contributed by atoms with Gasteiger partial charge in [0.05, 0.1) is 12.1 Å². The number of aromatic nitrogens is 2. The molecule has 4 N–H and O–H groups in total. The molecule has 7 heteroatoms. The number of rotatable bonds is 5. The maximum Gasteiger partial charge on any atom is 0.141 e. The number of β-amino-alcohol motifs (C(OH)–C–C–N with tert-alkyl or cyclic N) is 1. The summed E-state index contributed by atoms with van der Waals surface area (Å²) in [4.78, 5) is 8.82. The average molecular weight is 467 g/mol. The summed E-state index contributed by atoms with van der Waals surface area (Å²) in [5.41, 5.74) is 2.25. The lowest BCUT2D eigenvalue weighted by atomic mass is 10.0. The summed E-state index contributed by atoms with van der Waals surface area (Å²) in [6, 6.07) is 21.1. The molecule has 3 aromatic carbocycles. The van der Waals surface area contributed by atoms with Gasteiger partial charge in [-0.2, -0.15) is 0 Å². The summed E-state index contributed by atoms with van der Waals surface area (Å²) >= 11 is 0. The highest BCUT2D eigenvalue weighted by Crippen LogP contribution is 2.30. The first-order valence-corrected chi connectivity index (χ1v) is 11.5. The Bertz CT molecular complexity index is 1410. The summed E-state index contributed by atoms with van der Waals surface area (Å²) in [5, 5.41) is 27.3. The van der Waals surface area contributed by atoms with Gasteiger partial charge in [0, 0.05) is 35.6 Å². The van der Waals surface area contributed by atoms with E-state index in [1.54, 1.807) is 0 Å². The van der Waals surface area contributed by atoms with E-state index in [9.17, 15) is 10.2 Å². The molecule has 7 nitrogen and oxygen atoms in total. The smallest absolute Gasteiger partial charge is 0.141 e. The zero-order chi connectivity index (χ0) is 24.3. The van der Waals surface area contributed by atoms with Crippen LogP contribution >= 0.6 is 0 Å². The topological polar surface area (TPSA) is 99.5 Å². The van der Waals surface area contributed by atoms with E-state index in [-0.39, 0.29) is 12.6 Å². The van der Waals surface area contributed by atoms with Crippen LogP contribution in [0.1, 0.15) is 17.5 Å². The zero-order valence-electron chi connectivity index (χ0n) is 19.3. The molecular formula is C28H26N4O3. The van der Waals surface area contributed by atoms with E-state index in [2.05, 4.69) is 32.4 Å². The van der Waals surface area contributed by atoms with Crippen LogP contribution in [0.25, 0.3) is 10.9 Å². The van der Waals surface area contributed by atoms with Gasteiger partial charge in [-0.1, -0.05) is 30.0 Å². The number of hydrogen-bond acceptors (Lipinski definition) is 7. The lowest BCUT2D eigenvalue weighted by Gasteiger charge is -2.13. The number of aliphatic hydroxyl groups is 2. The van der Waals surface area contributed by atoms with Crippen LogP contribution < -0.4 is 15.4 Å². The van der Waals surface area contributed by atoms with Gasteiger partial charge in [-0.05, 0) is 61.0 Å². The minimum atomic E-state index is -1.16. The molecule has 176 valence electrons.